The van der Waals surface area contributed by atoms with Crippen LogP contribution in [-0.2, 0) is 11.3 Å². The molecule has 5 nitrogen and oxygen atoms in total. The Balaban J connectivity index is 1.94. The zero-order chi connectivity index (χ0) is 15.2. The number of methoxy groups -OCH3 is 1. The van der Waals surface area contributed by atoms with Crippen LogP contribution in [0.15, 0.2) is 24.3 Å². The van der Waals surface area contributed by atoms with E-state index < -0.39 is 0 Å². The van der Waals surface area contributed by atoms with Gasteiger partial charge in [-0.25, -0.2) is 0 Å². The summed E-state index contributed by atoms with van der Waals surface area (Å²) in [6.45, 7) is 6.09. The summed E-state index contributed by atoms with van der Waals surface area (Å²) in [6, 6.07) is 7.86. The Morgan fingerprint density at radius 2 is 2.14 bits per heavy atom. The van der Waals surface area contributed by atoms with Crippen LogP contribution in [0.5, 0.6) is 5.75 Å². The van der Waals surface area contributed by atoms with E-state index in [-0.39, 0.29) is 11.9 Å². The van der Waals surface area contributed by atoms with Gasteiger partial charge in [-0.3, -0.25) is 9.69 Å². The van der Waals surface area contributed by atoms with Crippen molar-refractivity contribution in [2.75, 3.05) is 40.3 Å². The molecule has 1 aliphatic rings. The Bertz CT molecular complexity index is 472. The van der Waals surface area contributed by atoms with E-state index in [9.17, 15) is 4.79 Å². The first-order valence-electron chi connectivity index (χ1n) is 7.44. The summed E-state index contributed by atoms with van der Waals surface area (Å²) in [7, 11) is 3.66. The van der Waals surface area contributed by atoms with Crippen LogP contribution < -0.4 is 10.1 Å². The van der Waals surface area contributed by atoms with E-state index in [1.165, 1.54) is 0 Å². The minimum absolute atomic E-state index is 0.116. The molecule has 0 spiro atoms. The molecule has 1 atom stereocenters. The molecule has 1 heterocycles. The molecule has 1 amide bonds. The Hall–Kier alpha value is -1.59. The third-order valence-corrected chi connectivity index (χ3v) is 4.01. The van der Waals surface area contributed by atoms with Crippen molar-refractivity contribution in [3.63, 3.8) is 0 Å². The van der Waals surface area contributed by atoms with E-state index in [0.717, 1.165) is 44.0 Å². The van der Waals surface area contributed by atoms with Crippen molar-refractivity contribution < 1.29 is 9.53 Å². The number of ether oxygens (including phenoxy) is 1. The summed E-state index contributed by atoms with van der Waals surface area (Å²) in [5, 5.41) is 3.27. The summed E-state index contributed by atoms with van der Waals surface area (Å²) < 4.78 is 5.24. The van der Waals surface area contributed by atoms with Gasteiger partial charge in [-0.1, -0.05) is 12.1 Å². The molecule has 0 aromatic heterocycles. The monoisotopic (exact) mass is 291 g/mol. The maximum atomic E-state index is 12.5. The van der Waals surface area contributed by atoms with E-state index in [0.29, 0.717) is 0 Å². The van der Waals surface area contributed by atoms with Crippen molar-refractivity contribution in [1.82, 2.24) is 15.1 Å². The molecule has 2 rings (SSSR count). The molecule has 0 saturated carbocycles. The Morgan fingerprint density at radius 1 is 1.43 bits per heavy atom. The smallest absolute Gasteiger partial charge is 0.239 e. The molecule has 1 fully saturated rings. The summed E-state index contributed by atoms with van der Waals surface area (Å²) in [5.41, 5.74) is 1.15. The van der Waals surface area contributed by atoms with E-state index >= 15 is 0 Å². The number of benzene rings is 1. The van der Waals surface area contributed by atoms with Crippen molar-refractivity contribution >= 4 is 5.91 Å². The number of amides is 1. The minimum Gasteiger partial charge on any atom is -0.497 e. The fourth-order valence-corrected chi connectivity index (χ4v) is 2.53. The molecule has 1 aromatic carbocycles. The number of hydrogen-bond donors (Lipinski definition) is 1. The summed E-state index contributed by atoms with van der Waals surface area (Å²) >= 11 is 0. The second-order valence-corrected chi connectivity index (χ2v) is 5.52. The zero-order valence-corrected chi connectivity index (χ0v) is 13.1. The predicted molar refractivity (Wildman–Crippen MR) is 83.4 cm³/mol. The van der Waals surface area contributed by atoms with Gasteiger partial charge in [0, 0.05) is 32.7 Å². The molecule has 0 bridgehead atoms. The van der Waals surface area contributed by atoms with Gasteiger partial charge in [-0.2, -0.15) is 0 Å². The van der Waals surface area contributed by atoms with Gasteiger partial charge in [-0.15, -0.1) is 0 Å². The molecule has 1 aromatic rings. The molecule has 116 valence electrons. The summed E-state index contributed by atoms with van der Waals surface area (Å²) in [5.74, 6) is 1.06. The Labute approximate surface area is 126 Å². The normalized spacial score (nSPS) is 16.9. The third kappa shape index (κ3) is 4.19. The highest BCUT2D eigenvalue weighted by Gasteiger charge is 2.24. The number of piperazine rings is 1. The lowest BCUT2D eigenvalue weighted by molar-refractivity contribution is -0.136. The molecule has 5 heteroatoms. The van der Waals surface area contributed by atoms with Crippen LogP contribution in [0.1, 0.15) is 12.5 Å². The van der Waals surface area contributed by atoms with Gasteiger partial charge in [-0.05, 0) is 31.7 Å². The summed E-state index contributed by atoms with van der Waals surface area (Å²) in [6.07, 6.45) is 0. The topological polar surface area (TPSA) is 44.8 Å². The van der Waals surface area contributed by atoms with Crippen LogP contribution >= 0.6 is 0 Å². The van der Waals surface area contributed by atoms with Crippen LogP contribution in [0, 0.1) is 0 Å². The number of hydrogen-bond acceptors (Lipinski definition) is 4. The van der Waals surface area contributed by atoms with Gasteiger partial charge in [0.1, 0.15) is 5.75 Å². The van der Waals surface area contributed by atoms with Crippen LogP contribution in [-0.4, -0.2) is 62.1 Å². The average Bonchev–Trinajstić information content (AvgIpc) is 2.54. The first-order chi connectivity index (χ1) is 10.1. The molecule has 1 saturated heterocycles. The van der Waals surface area contributed by atoms with Crippen molar-refractivity contribution in [3.05, 3.63) is 29.8 Å². The van der Waals surface area contributed by atoms with E-state index in [4.69, 9.17) is 4.74 Å². The lowest BCUT2D eigenvalue weighted by Gasteiger charge is -2.33. The number of carbonyl (C=O) groups is 1. The Morgan fingerprint density at radius 3 is 2.81 bits per heavy atom. The molecular weight excluding hydrogens is 266 g/mol. The van der Waals surface area contributed by atoms with Crippen molar-refractivity contribution in [1.29, 1.82) is 0 Å². The first-order valence-corrected chi connectivity index (χ1v) is 7.44. The maximum Gasteiger partial charge on any atom is 0.239 e. The lowest BCUT2D eigenvalue weighted by atomic mass is 10.1. The molecule has 0 aliphatic carbocycles. The van der Waals surface area contributed by atoms with Crippen LogP contribution in [0.4, 0.5) is 0 Å². The number of rotatable bonds is 5. The summed E-state index contributed by atoms with van der Waals surface area (Å²) in [4.78, 5) is 16.5. The van der Waals surface area contributed by atoms with E-state index in [1.807, 2.05) is 37.1 Å². The van der Waals surface area contributed by atoms with E-state index in [2.05, 4.69) is 16.3 Å². The molecule has 0 radical (unpaired) electrons. The van der Waals surface area contributed by atoms with E-state index in [1.54, 1.807) is 7.11 Å². The number of nitrogens with zero attached hydrogens (tertiary/aromatic N) is 2. The molecule has 21 heavy (non-hydrogen) atoms. The van der Waals surface area contributed by atoms with Gasteiger partial charge in [0.05, 0.1) is 13.2 Å². The maximum absolute atomic E-state index is 12.5. The van der Waals surface area contributed by atoms with Gasteiger partial charge in [0.25, 0.3) is 0 Å². The number of likely N-dealkylation sites (N-methyl/N-ethyl adjacent to an activating group) is 1. The first kappa shape index (κ1) is 15.8. The Kier molecular flexibility index (Phi) is 5.59. The van der Waals surface area contributed by atoms with Gasteiger partial charge in [0.2, 0.25) is 5.91 Å². The van der Waals surface area contributed by atoms with Crippen molar-refractivity contribution in [3.8, 4) is 5.75 Å². The quantitative estimate of drug-likeness (QED) is 0.877. The highest BCUT2D eigenvalue weighted by molar-refractivity contribution is 5.81. The highest BCUT2D eigenvalue weighted by Crippen LogP contribution is 2.15. The molecule has 1 unspecified atom stereocenters. The fraction of sp³-hybridized carbons (Fsp3) is 0.562. The highest BCUT2D eigenvalue weighted by atomic mass is 16.5. The standard InChI is InChI=1S/C16H25N3O2/c1-13(16(20)19-9-7-17-8-10-19)18(2)12-14-5-4-6-15(11-14)21-3/h4-6,11,13,17H,7-10,12H2,1-3H3. The predicted octanol–water partition coefficient (Wildman–Crippen LogP) is 0.947. The second kappa shape index (κ2) is 7.43. The van der Waals surface area contributed by atoms with Gasteiger partial charge in [0.15, 0.2) is 0 Å². The zero-order valence-electron chi connectivity index (χ0n) is 13.1. The van der Waals surface area contributed by atoms with Gasteiger partial charge >= 0.3 is 0 Å². The molecule has 1 N–H and O–H groups in total. The van der Waals surface area contributed by atoms with Crippen LogP contribution in [0.25, 0.3) is 0 Å². The van der Waals surface area contributed by atoms with Gasteiger partial charge < -0.3 is 15.0 Å². The third-order valence-electron chi connectivity index (χ3n) is 4.01. The van der Waals surface area contributed by atoms with Crippen molar-refractivity contribution in [2.24, 2.45) is 0 Å². The largest absolute Gasteiger partial charge is 0.497 e. The lowest BCUT2D eigenvalue weighted by Crippen LogP contribution is -2.52. The number of nitrogens with one attached hydrogen (secondary N) is 1. The molecular formula is C16H25N3O2. The van der Waals surface area contributed by atoms with Crippen LogP contribution in [0.2, 0.25) is 0 Å². The fourth-order valence-electron chi connectivity index (χ4n) is 2.53. The SMILES string of the molecule is COc1cccc(CN(C)C(C)C(=O)N2CCNCC2)c1. The van der Waals surface area contributed by atoms with Crippen LogP contribution in [0.3, 0.4) is 0 Å². The second-order valence-electron chi connectivity index (χ2n) is 5.52. The number of carbonyl (C=O) groups excluding carboxylic acids is 1. The minimum atomic E-state index is -0.116. The molecule has 1 aliphatic heterocycles. The average molecular weight is 291 g/mol. The van der Waals surface area contributed by atoms with Crippen molar-refractivity contribution in [2.45, 2.75) is 19.5 Å².